The Bertz CT molecular complexity index is 2430. The summed E-state index contributed by atoms with van der Waals surface area (Å²) in [5.41, 5.74) is 2.70. The van der Waals surface area contributed by atoms with Gasteiger partial charge in [0.2, 0.25) is 6.79 Å². The number of para-hydroxylation sites is 1. The Morgan fingerprint density at radius 3 is 2.64 bits per heavy atom. The number of esters is 2. The summed E-state index contributed by atoms with van der Waals surface area (Å²) in [7, 11) is 3.49. The van der Waals surface area contributed by atoms with Crippen molar-refractivity contribution in [3.8, 4) is 28.7 Å². The fraction of sp³-hybridized carbons (Fsp3) is 0.500. The number of likely N-dealkylation sites (N-methyl/N-ethyl adjacent to an activating group) is 1. The number of phenolic OH excluding ortho intramolecular Hbond substituents is 1. The molecule has 8 atom stereocenters. The largest absolute Gasteiger partial charge is 0.504 e. The number of aromatic hydroxyl groups is 1. The van der Waals surface area contributed by atoms with Crippen LogP contribution in [0.1, 0.15) is 82.8 Å². The molecule has 2 saturated heterocycles. The van der Waals surface area contributed by atoms with E-state index in [4.69, 9.17) is 32.8 Å². The third-order valence-electron chi connectivity index (χ3n) is 13.0. The van der Waals surface area contributed by atoms with Crippen molar-refractivity contribution in [2.24, 2.45) is 0 Å². The van der Waals surface area contributed by atoms with Gasteiger partial charge in [0.1, 0.15) is 29.4 Å². The van der Waals surface area contributed by atoms with Gasteiger partial charge in [-0.1, -0.05) is 24.3 Å². The van der Waals surface area contributed by atoms with Crippen molar-refractivity contribution < 1.29 is 52.6 Å². The van der Waals surface area contributed by atoms with E-state index in [-0.39, 0.29) is 50.0 Å². The molecule has 0 saturated carbocycles. The molecule has 59 heavy (non-hydrogen) atoms. The van der Waals surface area contributed by atoms with E-state index >= 15 is 4.79 Å². The first kappa shape index (κ1) is 38.7. The molecule has 0 amide bonds. The van der Waals surface area contributed by atoms with Gasteiger partial charge in [-0.25, -0.2) is 4.79 Å². The van der Waals surface area contributed by atoms with Gasteiger partial charge in [0.05, 0.1) is 37.2 Å². The molecule has 14 nitrogen and oxygen atoms in total. The zero-order valence-electron chi connectivity index (χ0n) is 34.2. The first-order valence-electron chi connectivity index (χ1n) is 20.2. The predicted molar refractivity (Wildman–Crippen MR) is 216 cm³/mol. The molecule has 8 aliphatic rings. The highest BCUT2D eigenvalue weighted by atomic mass is 32.2. The van der Waals surface area contributed by atoms with Crippen LogP contribution >= 0.6 is 11.8 Å². The minimum atomic E-state index is -1.52. The van der Waals surface area contributed by atoms with Crippen molar-refractivity contribution in [3.05, 3.63) is 75.0 Å². The smallest absolute Gasteiger partial charge is 0.335 e. The molecule has 4 aromatic rings. The van der Waals surface area contributed by atoms with E-state index in [0.717, 1.165) is 22.1 Å². The molecule has 0 radical (unpaired) electrons. The van der Waals surface area contributed by atoms with E-state index in [1.165, 1.54) is 25.8 Å². The number of ether oxygens (including phenoxy) is 6. The van der Waals surface area contributed by atoms with Gasteiger partial charge >= 0.3 is 11.9 Å². The summed E-state index contributed by atoms with van der Waals surface area (Å²) in [5.74, 6) is 1.20. The number of aryl methyl sites for hydroxylation is 1. The number of methoxy groups -OCH3 is 1. The Morgan fingerprint density at radius 2 is 1.88 bits per heavy atom. The first-order chi connectivity index (χ1) is 28.3. The zero-order valence-corrected chi connectivity index (χ0v) is 35.0. The van der Waals surface area contributed by atoms with Crippen LogP contribution in [0.2, 0.25) is 0 Å². The van der Waals surface area contributed by atoms with Crippen LogP contribution < -0.4 is 24.3 Å². The van der Waals surface area contributed by atoms with Crippen molar-refractivity contribution in [3.63, 3.8) is 0 Å². The van der Waals surface area contributed by atoms with Gasteiger partial charge in [0.25, 0.3) is 0 Å². The van der Waals surface area contributed by atoms with Crippen molar-refractivity contribution in [1.29, 1.82) is 0 Å². The lowest BCUT2D eigenvalue weighted by molar-refractivity contribution is -0.215. The second kappa shape index (κ2) is 13.8. The minimum absolute atomic E-state index is 0.0162. The highest BCUT2D eigenvalue weighted by molar-refractivity contribution is 7.99. The maximum atomic E-state index is 15.2. The van der Waals surface area contributed by atoms with Gasteiger partial charge in [-0.2, -0.15) is 0 Å². The SMILES string of the molecule is COc1c(C)cc2c(c1O)[C@H]1[C@@H]3[C@@H]4SC[C@]5(N[C@H](COC(C)C)Cc6c5oc5ccccc65)C(=O)OC[C@@H](c5c6c(c(C)c(OC(C)=O)c54)OCO6)N3C(O)(C2)CN1C. The highest BCUT2D eigenvalue weighted by Gasteiger charge is 2.64. The number of carbonyl (C=O) groups excluding carboxylic acids is 2. The molecule has 12 rings (SSSR count). The molecule has 1 spiro atoms. The summed E-state index contributed by atoms with van der Waals surface area (Å²) < 4.78 is 43.8. The monoisotopic (exact) mass is 827 g/mol. The number of phenols is 1. The fourth-order valence-electron chi connectivity index (χ4n) is 11.0. The van der Waals surface area contributed by atoms with E-state index < -0.39 is 46.6 Å². The normalized spacial score (nSPS) is 30.4. The average molecular weight is 828 g/mol. The van der Waals surface area contributed by atoms with Gasteiger partial charge in [0.15, 0.2) is 28.5 Å². The number of piperazine rings is 1. The summed E-state index contributed by atoms with van der Waals surface area (Å²) in [4.78, 5) is 32.4. The molecular weight excluding hydrogens is 779 g/mol. The molecule has 3 N–H and O–H groups in total. The Morgan fingerprint density at radius 1 is 1.10 bits per heavy atom. The standard InChI is InChI=1S/C44H49N3O11S/c1-20(2)53-15-25-13-27-26-10-8-9-11-29(26)58-41(27)44(45-25)18-59-40-32-31(39-38(55-19-56-39)22(4)37(32)57-23(5)48)28(16-54-42(44)50)47-34(40)33-30-24(14-43(47,51)17-46(33)6)12-21(3)36(52-7)35(30)49/h8-12,20,25,28,33-34,40,45,49,51H,13-19H2,1-7H3/t25-,28-,33-,34+,40+,43?,44+/m0/s1. The Labute approximate surface area is 346 Å². The lowest BCUT2D eigenvalue weighted by Gasteiger charge is -2.60. The average Bonchev–Trinajstić information content (AvgIpc) is 3.78. The second-order valence-corrected chi connectivity index (χ2v) is 18.2. The van der Waals surface area contributed by atoms with Crippen LogP contribution in [0.5, 0.6) is 28.7 Å². The number of rotatable bonds is 5. The molecule has 15 heteroatoms. The van der Waals surface area contributed by atoms with Crippen LogP contribution in [0.4, 0.5) is 0 Å². The van der Waals surface area contributed by atoms with Gasteiger partial charge < -0.3 is 43.1 Å². The van der Waals surface area contributed by atoms with Gasteiger partial charge in [-0.3, -0.25) is 19.9 Å². The fourth-order valence-corrected chi connectivity index (χ4v) is 12.6. The topological polar surface area (TPSA) is 162 Å². The van der Waals surface area contributed by atoms with Crippen LogP contribution in [-0.2, 0) is 37.4 Å². The molecule has 9 heterocycles. The van der Waals surface area contributed by atoms with Crippen molar-refractivity contribution in [2.45, 2.75) is 94.2 Å². The van der Waals surface area contributed by atoms with Crippen LogP contribution in [0.25, 0.3) is 11.0 Å². The van der Waals surface area contributed by atoms with Crippen molar-refractivity contribution in [2.75, 3.05) is 46.5 Å². The van der Waals surface area contributed by atoms with Crippen molar-refractivity contribution >= 4 is 34.7 Å². The summed E-state index contributed by atoms with van der Waals surface area (Å²) >= 11 is 1.49. The Hall–Kier alpha value is -4.51. The number of furan rings is 1. The van der Waals surface area contributed by atoms with Gasteiger partial charge in [0, 0.05) is 70.9 Å². The molecule has 4 bridgehead atoms. The molecule has 8 aliphatic heterocycles. The molecule has 312 valence electrons. The number of nitrogens with one attached hydrogen (secondary N) is 1. The van der Waals surface area contributed by atoms with Crippen LogP contribution in [-0.4, -0.2) is 102 Å². The molecule has 0 aliphatic carbocycles. The summed E-state index contributed by atoms with van der Waals surface area (Å²) in [6.07, 6.45) is 0.702. The van der Waals surface area contributed by atoms with Crippen LogP contribution in [0.3, 0.4) is 0 Å². The Kier molecular flexibility index (Phi) is 9.02. The third-order valence-corrected chi connectivity index (χ3v) is 14.5. The van der Waals surface area contributed by atoms with E-state index in [0.29, 0.717) is 69.6 Å². The predicted octanol–water partition coefficient (Wildman–Crippen LogP) is 5.24. The summed E-state index contributed by atoms with van der Waals surface area (Å²) in [6.45, 7) is 9.36. The number of aliphatic hydroxyl groups is 1. The van der Waals surface area contributed by atoms with Crippen LogP contribution in [0, 0.1) is 13.8 Å². The minimum Gasteiger partial charge on any atom is -0.504 e. The van der Waals surface area contributed by atoms with E-state index in [2.05, 4.69) is 15.1 Å². The van der Waals surface area contributed by atoms with E-state index in [1.54, 1.807) is 0 Å². The quantitative estimate of drug-likeness (QED) is 0.177. The summed E-state index contributed by atoms with van der Waals surface area (Å²) in [5, 5.41) is 29.4. The molecular formula is C44H49N3O11S. The molecule has 2 fully saturated rings. The van der Waals surface area contributed by atoms with Gasteiger partial charge in [-0.15, -0.1) is 11.8 Å². The number of fused-ring (bicyclic) bond motifs is 8. The van der Waals surface area contributed by atoms with Gasteiger partial charge in [-0.05, 0) is 58.4 Å². The highest BCUT2D eigenvalue weighted by Crippen LogP contribution is 2.65. The Balaban J connectivity index is 1.23. The molecule has 2 unspecified atom stereocenters. The number of hydrogen-bond acceptors (Lipinski definition) is 15. The number of benzene rings is 3. The number of carbonyl (C=O) groups is 2. The first-order valence-corrected chi connectivity index (χ1v) is 21.2. The van der Waals surface area contributed by atoms with E-state index in [9.17, 15) is 15.0 Å². The maximum absolute atomic E-state index is 15.2. The molecule has 3 aromatic carbocycles. The second-order valence-electron chi connectivity index (χ2n) is 17.1. The van der Waals surface area contributed by atoms with E-state index in [1.807, 2.05) is 65.1 Å². The number of nitrogens with zero attached hydrogens (tertiary/aromatic N) is 2. The van der Waals surface area contributed by atoms with Crippen molar-refractivity contribution in [1.82, 2.24) is 15.1 Å². The number of thioether (sulfide) groups is 1. The number of hydrogen-bond donors (Lipinski definition) is 3. The molecule has 1 aromatic heterocycles. The van der Waals surface area contributed by atoms with Crippen LogP contribution in [0.15, 0.2) is 34.7 Å². The maximum Gasteiger partial charge on any atom is 0.335 e. The third kappa shape index (κ3) is 5.58. The summed E-state index contributed by atoms with van der Waals surface area (Å²) in [6, 6.07) is 7.62. The zero-order chi connectivity index (χ0) is 41.3. The lowest BCUT2D eigenvalue weighted by atomic mass is 9.78. The lowest BCUT2D eigenvalue weighted by Crippen LogP contribution is -2.70.